The fourth-order valence-corrected chi connectivity index (χ4v) is 2.74. The molecular weight excluding hydrogens is 206 g/mol. The largest absolute Gasteiger partial charge is 0.392 e. The Hall–Kier alpha value is -0.380. The third-order valence-electron chi connectivity index (χ3n) is 3.26. The van der Waals surface area contributed by atoms with Gasteiger partial charge in [-0.05, 0) is 36.8 Å². The Labute approximate surface area is 95.5 Å². The van der Waals surface area contributed by atoms with Crippen molar-refractivity contribution in [1.82, 2.24) is 4.90 Å². The molecule has 1 saturated heterocycles. The molecular formula is C12H19NOS. The number of piperidine rings is 1. The number of aliphatic hydroxyl groups excluding tert-OH is 1. The summed E-state index contributed by atoms with van der Waals surface area (Å²) >= 11 is 1.82. The Morgan fingerprint density at radius 3 is 3.13 bits per heavy atom. The van der Waals surface area contributed by atoms with E-state index in [2.05, 4.69) is 29.3 Å². The van der Waals surface area contributed by atoms with Crippen LogP contribution in [0.1, 0.15) is 18.2 Å². The van der Waals surface area contributed by atoms with Crippen molar-refractivity contribution in [3.63, 3.8) is 0 Å². The predicted molar refractivity (Wildman–Crippen MR) is 64.3 cm³/mol. The van der Waals surface area contributed by atoms with Crippen LogP contribution in [0.3, 0.4) is 0 Å². The fraction of sp³-hybridized carbons (Fsp3) is 0.667. The normalized spacial score (nSPS) is 28.1. The first-order chi connectivity index (χ1) is 7.25. The summed E-state index contributed by atoms with van der Waals surface area (Å²) in [4.78, 5) is 3.83. The molecule has 0 amide bonds. The summed E-state index contributed by atoms with van der Waals surface area (Å²) in [5.41, 5.74) is 0. The van der Waals surface area contributed by atoms with Crippen LogP contribution in [0.2, 0.25) is 0 Å². The van der Waals surface area contributed by atoms with Gasteiger partial charge in [0.05, 0.1) is 6.10 Å². The zero-order valence-corrected chi connectivity index (χ0v) is 10.0. The second-order valence-electron chi connectivity index (χ2n) is 4.46. The maximum Gasteiger partial charge on any atom is 0.0693 e. The van der Waals surface area contributed by atoms with Crippen LogP contribution in [-0.2, 0) is 6.42 Å². The minimum atomic E-state index is -0.123. The van der Waals surface area contributed by atoms with Crippen LogP contribution in [-0.4, -0.2) is 35.7 Å². The van der Waals surface area contributed by atoms with Crippen LogP contribution in [0.5, 0.6) is 0 Å². The first-order valence-electron chi connectivity index (χ1n) is 5.68. The minimum Gasteiger partial charge on any atom is -0.392 e. The number of likely N-dealkylation sites (tertiary alicyclic amines) is 1. The second kappa shape index (κ2) is 5.10. The maximum absolute atomic E-state index is 9.77. The van der Waals surface area contributed by atoms with Crippen molar-refractivity contribution in [1.29, 1.82) is 0 Å². The van der Waals surface area contributed by atoms with E-state index in [4.69, 9.17) is 0 Å². The van der Waals surface area contributed by atoms with E-state index in [-0.39, 0.29) is 6.10 Å². The Balaban J connectivity index is 1.76. The van der Waals surface area contributed by atoms with Crippen molar-refractivity contribution < 1.29 is 5.11 Å². The average Bonchev–Trinajstić information content (AvgIpc) is 2.73. The van der Waals surface area contributed by atoms with Gasteiger partial charge in [-0.2, -0.15) is 0 Å². The van der Waals surface area contributed by atoms with Crippen molar-refractivity contribution in [2.45, 2.75) is 25.9 Å². The van der Waals surface area contributed by atoms with E-state index in [0.717, 1.165) is 32.5 Å². The molecule has 0 bridgehead atoms. The van der Waals surface area contributed by atoms with Crippen LogP contribution in [0.4, 0.5) is 0 Å². The molecule has 3 heteroatoms. The Morgan fingerprint density at radius 2 is 2.47 bits per heavy atom. The fourth-order valence-electron chi connectivity index (χ4n) is 2.04. The van der Waals surface area contributed by atoms with Gasteiger partial charge in [0.1, 0.15) is 0 Å². The van der Waals surface area contributed by atoms with Crippen molar-refractivity contribution in [3.05, 3.63) is 22.4 Å². The molecule has 2 heterocycles. The standard InChI is InChI=1S/C12H19NOS/c1-10-4-6-13(9-12(10)14)7-5-11-3-2-8-15-11/h2-3,8,10,12,14H,4-7,9H2,1H3. The van der Waals surface area contributed by atoms with Gasteiger partial charge in [-0.15, -0.1) is 11.3 Å². The van der Waals surface area contributed by atoms with Gasteiger partial charge >= 0.3 is 0 Å². The van der Waals surface area contributed by atoms with E-state index in [0.29, 0.717) is 5.92 Å². The number of hydrogen-bond donors (Lipinski definition) is 1. The highest BCUT2D eigenvalue weighted by Gasteiger charge is 2.23. The number of hydrogen-bond acceptors (Lipinski definition) is 3. The van der Waals surface area contributed by atoms with Crippen LogP contribution >= 0.6 is 11.3 Å². The summed E-state index contributed by atoms with van der Waals surface area (Å²) in [5.74, 6) is 0.475. The smallest absolute Gasteiger partial charge is 0.0693 e. The number of thiophene rings is 1. The third-order valence-corrected chi connectivity index (χ3v) is 4.19. The van der Waals surface area contributed by atoms with Gasteiger partial charge in [0.25, 0.3) is 0 Å². The topological polar surface area (TPSA) is 23.5 Å². The summed E-state index contributed by atoms with van der Waals surface area (Å²) in [6.45, 7) is 5.22. The zero-order valence-electron chi connectivity index (χ0n) is 9.22. The molecule has 1 aliphatic rings. The molecule has 2 nitrogen and oxygen atoms in total. The lowest BCUT2D eigenvalue weighted by atomic mass is 9.96. The van der Waals surface area contributed by atoms with E-state index >= 15 is 0 Å². The minimum absolute atomic E-state index is 0.123. The molecule has 0 aromatic carbocycles. The summed E-state index contributed by atoms with van der Waals surface area (Å²) in [6, 6.07) is 4.29. The molecule has 1 aromatic rings. The summed E-state index contributed by atoms with van der Waals surface area (Å²) < 4.78 is 0. The molecule has 1 aliphatic heterocycles. The van der Waals surface area contributed by atoms with Crippen LogP contribution in [0.25, 0.3) is 0 Å². The van der Waals surface area contributed by atoms with E-state index in [1.165, 1.54) is 4.88 Å². The maximum atomic E-state index is 9.77. The molecule has 0 spiro atoms. The number of nitrogens with zero attached hydrogens (tertiary/aromatic N) is 1. The molecule has 1 fully saturated rings. The van der Waals surface area contributed by atoms with E-state index in [9.17, 15) is 5.11 Å². The lowest BCUT2D eigenvalue weighted by Crippen LogP contribution is -2.43. The van der Waals surface area contributed by atoms with Crippen molar-refractivity contribution in [2.75, 3.05) is 19.6 Å². The van der Waals surface area contributed by atoms with Gasteiger partial charge in [-0.25, -0.2) is 0 Å². The number of β-amino-alcohol motifs (C(OH)–C–C–N with tert-alkyl or cyclic N) is 1. The Morgan fingerprint density at radius 1 is 1.60 bits per heavy atom. The molecule has 2 unspecified atom stereocenters. The van der Waals surface area contributed by atoms with E-state index < -0.39 is 0 Å². The summed E-state index contributed by atoms with van der Waals surface area (Å²) in [5, 5.41) is 11.9. The summed E-state index contributed by atoms with van der Waals surface area (Å²) in [7, 11) is 0. The highest BCUT2D eigenvalue weighted by Crippen LogP contribution is 2.18. The molecule has 0 aliphatic carbocycles. The lowest BCUT2D eigenvalue weighted by Gasteiger charge is -2.34. The highest BCUT2D eigenvalue weighted by atomic mass is 32.1. The number of rotatable bonds is 3. The average molecular weight is 225 g/mol. The van der Waals surface area contributed by atoms with Gasteiger partial charge in [0.2, 0.25) is 0 Å². The van der Waals surface area contributed by atoms with Crippen molar-refractivity contribution >= 4 is 11.3 Å². The van der Waals surface area contributed by atoms with Crippen molar-refractivity contribution in [2.24, 2.45) is 5.92 Å². The molecule has 0 radical (unpaired) electrons. The lowest BCUT2D eigenvalue weighted by molar-refractivity contribution is 0.0299. The first kappa shape index (κ1) is 11.1. The zero-order chi connectivity index (χ0) is 10.7. The van der Waals surface area contributed by atoms with E-state index in [1.54, 1.807) is 0 Å². The van der Waals surface area contributed by atoms with Gasteiger partial charge in [0.15, 0.2) is 0 Å². The van der Waals surface area contributed by atoms with Gasteiger partial charge < -0.3 is 10.0 Å². The highest BCUT2D eigenvalue weighted by molar-refractivity contribution is 7.09. The van der Waals surface area contributed by atoms with Gasteiger partial charge in [-0.3, -0.25) is 0 Å². The molecule has 1 aromatic heterocycles. The second-order valence-corrected chi connectivity index (χ2v) is 5.50. The van der Waals surface area contributed by atoms with Gasteiger partial charge in [-0.1, -0.05) is 13.0 Å². The monoisotopic (exact) mass is 225 g/mol. The quantitative estimate of drug-likeness (QED) is 0.850. The van der Waals surface area contributed by atoms with Crippen molar-refractivity contribution in [3.8, 4) is 0 Å². The molecule has 0 saturated carbocycles. The SMILES string of the molecule is CC1CCN(CCc2cccs2)CC1O. The van der Waals surface area contributed by atoms with Crippen LogP contribution in [0.15, 0.2) is 17.5 Å². The molecule has 1 N–H and O–H groups in total. The summed E-state index contributed by atoms with van der Waals surface area (Å²) in [6.07, 6.45) is 2.13. The number of aliphatic hydroxyl groups is 1. The molecule has 2 atom stereocenters. The third kappa shape index (κ3) is 3.03. The first-order valence-corrected chi connectivity index (χ1v) is 6.56. The van der Waals surface area contributed by atoms with Crippen LogP contribution < -0.4 is 0 Å². The van der Waals surface area contributed by atoms with Crippen LogP contribution in [0, 0.1) is 5.92 Å². The molecule has 2 rings (SSSR count). The molecule has 84 valence electrons. The molecule has 15 heavy (non-hydrogen) atoms. The van der Waals surface area contributed by atoms with E-state index in [1.807, 2.05) is 11.3 Å². The predicted octanol–water partition coefficient (Wildman–Crippen LogP) is 1.99. The van der Waals surface area contributed by atoms with Gasteiger partial charge in [0, 0.05) is 18.0 Å². The Bertz CT molecular complexity index is 286. The Kier molecular flexibility index (Phi) is 3.78.